The molecule has 2 rings (SSSR count). The SMILES string of the molecule is CC1=C(C(=O)OCC(C)C)c2c(C#CC(C)(O)CC#N)cn(C)c(=O)c2C1. The second-order valence-corrected chi connectivity index (χ2v) is 7.50. The Kier molecular flexibility index (Phi) is 5.93. The van der Waals surface area contributed by atoms with Crippen LogP contribution in [0, 0.1) is 29.1 Å². The molecule has 0 aromatic carbocycles. The van der Waals surface area contributed by atoms with Gasteiger partial charge in [-0.15, -0.1) is 0 Å². The Labute approximate surface area is 159 Å². The standard InChI is InChI=1S/C21H24N2O4/c1-13(2)12-27-20(25)17-14(3)10-16-18(17)15(11-23(5)19(16)24)6-7-21(4,26)8-9-22/h11,13,26H,8,10,12H2,1-5H3. The molecule has 1 aliphatic carbocycles. The number of ether oxygens (including phenoxy) is 1. The summed E-state index contributed by atoms with van der Waals surface area (Å²) in [7, 11) is 1.62. The van der Waals surface area contributed by atoms with Crippen molar-refractivity contribution in [3.63, 3.8) is 0 Å². The van der Waals surface area contributed by atoms with Crippen LogP contribution < -0.4 is 5.56 Å². The molecule has 1 N–H and O–H groups in total. The average Bonchev–Trinajstić information content (AvgIpc) is 2.92. The van der Waals surface area contributed by atoms with Gasteiger partial charge in [-0.1, -0.05) is 31.3 Å². The van der Waals surface area contributed by atoms with Crippen LogP contribution >= 0.6 is 0 Å². The number of rotatable bonds is 4. The zero-order chi connectivity index (χ0) is 20.4. The largest absolute Gasteiger partial charge is 0.462 e. The third-order valence-corrected chi connectivity index (χ3v) is 4.23. The first kappa shape index (κ1) is 20.5. The minimum atomic E-state index is -1.48. The maximum Gasteiger partial charge on any atom is 0.338 e. The van der Waals surface area contributed by atoms with Crippen LogP contribution in [0.3, 0.4) is 0 Å². The number of hydrogen-bond acceptors (Lipinski definition) is 5. The number of nitrogens with zero attached hydrogens (tertiary/aromatic N) is 2. The van der Waals surface area contributed by atoms with Crippen LogP contribution in [0.1, 0.15) is 50.8 Å². The molecule has 0 amide bonds. The summed E-state index contributed by atoms with van der Waals surface area (Å²) in [6, 6.07) is 1.89. The van der Waals surface area contributed by atoms with Crippen LogP contribution in [0.5, 0.6) is 0 Å². The van der Waals surface area contributed by atoms with Gasteiger partial charge in [-0.25, -0.2) is 4.79 Å². The normalized spacial score (nSPS) is 14.9. The Morgan fingerprint density at radius 1 is 1.48 bits per heavy atom. The molecule has 0 aliphatic heterocycles. The highest BCUT2D eigenvalue weighted by atomic mass is 16.5. The van der Waals surface area contributed by atoms with Gasteiger partial charge in [-0.3, -0.25) is 4.79 Å². The van der Waals surface area contributed by atoms with Crippen LogP contribution in [0.2, 0.25) is 0 Å². The zero-order valence-corrected chi connectivity index (χ0v) is 16.3. The number of aliphatic hydroxyl groups is 1. The Balaban J connectivity index is 2.58. The van der Waals surface area contributed by atoms with Crippen LogP contribution in [0.15, 0.2) is 16.6 Å². The summed E-state index contributed by atoms with van der Waals surface area (Å²) < 4.78 is 6.79. The van der Waals surface area contributed by atoms with E-state index in [4.69, 9.17) is 10.00 Å². The molecule has 0 radical (unpaired) electrons. The molecule has 1 aromatic heterocycles. The lowest BCUT2D eigenvalue weighted by Crippen LogP contribution is -2.23. The molecule has 0 fully saturated rings. The molecule has 0 spiro atoms. The van der Waals surface area contributed by atoms with Crippen molar-refractivity contribution in [2.75, 3.05) is 6.61 Å². The highest BCUT2D eigenvalue weighted by molar-refractivity contribution is 6.19. The van der Waals surface area contributed by atoms with Crippen molar-refractivity contribution in [3.05, 3.63) is 38.8 Å². The molecule has 0 saturated carbocycles. The highest BCUT2D eigenvalue weighted by Crippen LogP contribution is 2.34. The lowest BCUT2D eigenvalue weighted by atomic mass is 9.99. The van der Waals surface area contributed by atoms with E-state index in [2.05, 4.69) is 11.8 Å². The lowest BCUT2D eigenvalue weighted by molar-refractivity contribution is -0.137. The van der Waals surface area contributed by atoms with E-state index in [-0.39, 0.29) is 24.5 Å². The van der Waals surface area contributed by atoms with Crippen LogP contribution in [-0.2, 0) is 23.0 Å². The maximum absolute atomic E-state index is 12.6. The summed E-state index contributed by atoms with van der Waals surface area (Å²) in [5.41, 5.74) is 0.889. The number of hydrogen-bond donors (Lipinski definition) is 1. The molecule has 6 heteroatoms. The van der Waals surface area contributed by atoms with Gasteiger partial charge in [-0.2, -0.15) is 5.26 Å². The van der Waals surface area contributed by atoms with E-state index in [1.165, 1.54) is 11.5 Å². The van der Waals surface area contributed by atoms with E-state index in [0.717, 1.165) is 5.57 Å². The number of aromatic nitrogens is 1. The third-order valence-electron chi connectivity index (χ3n) is 4.23. The van der Waals surface area contributed by atoms with Gasteiger partial charge >= 0.3 is 5.97 Å². The minimum absolute atomic E-state index is 0.147. The fourth-order valence-electron chi connectivity index (χ4n) is 2.90. The van der Waals surface area contributed by atoms with Gasteiger partial charge in [0.2, 0.25) is 0 Å². The smallest absolute Gasteiger partial charge is 0.338 e. The lowest BCUT2D eigenvalue weighted by Gasteiger charge is -2.13. The Morgan fingerprint density at radius 2 is 2.15 bits per heavy atom. The molecule has 0 saturated heterocycles. The second kappa shape index (κ2) is 7.82. The Morgan fingerprint density at radius 3 is 2.74 bits per heavy atom. The van der Waals surface area contributed by atoms with Crippen LogP contribution in [-0.4, -0.2) is 27.9 Å². The van der Waals surface area contributed by atoms with Gasteiger partial charge in [0.15, 0.2) is 0 Å². The van der Waals surface area contributed by atoms with Gasteiger partial charge in [0.25, 0.3) is 5.56 Å². The summed E-state index contributed by atoms with van der Waals surface area (Å²) >= 11 is 0. The predicted molar refractivity (Wildman–Crippen MR) is 102 cm³/mol. The highest BCUT2D eigenvalue weighted by Gasteiger charge is 2.31. The van der Waals surface area contributed by atoms with Crippen molar-refractivity contribution in [2.45, 2.75) is 46.1 Å². The van der Waals surface area contributed by atoms with Crippen LogP contribution in [0.25, 0.3) is 5.57 Å². The maximum atomic E-state index is 12.6. The van der Waals surface area contributed by atoms with Gasteiger partial charge < -0.3 is 14.4 Å². The van der Waals surface area contributed by atoms with Gasteiger partial charge in [0, 0.05) is 36.4 Å². The van der Waals surface area contributed by atoms with Crippen molar-refractivity contribution >= 4 is 11.5 Å². The monoisotopic (exact) mass is 368 g/mol. The molecule has 1 aromatic rings. The fourth-order valence-corrected chi connectivity index (χ4v) is 2.90. The van der Waals surface area contributed by atoms with E-state index in [0.29, 0.717) is 28.7 Å². The van der Waals surface area contributed by atoms with Crippen molar-refractivity contribution in [1.29, 1.82) is 5.26 Å². The van der Waals surface area contributed by atoms with Crippen molar-refractivity contribution < 1.29 is 14.6 Å². The molecule has 1 aliphatic rings. The number of carbonyl (C=O) groups excluding carboxylic acids is 1. The summed E-state index contributed by atoms with van der Waals surface area (Å²) in [4.78, 5) is 25.2. The molecule has 27 heavy (non-hydrogen) atoms. The zero-order valence-electron chi connectivity index (χ0n) is 16.3. The molecule has 6 nitrogen and oxygen atoms in total. The van der Waals surface area contributed by atoms with Gasteiger partial charge in [-0.05, 0) is 19.8 Å². The van der Waals surface area contributed by atoms with Crippen molar-refractivity contribution in [3.8, 4) is 17.9 Å². The number of esters is 1. The van der Waals surface area contributed by atoms with Crippen LogP contribution in [0.4, 0.5) is 0 Å². The topological polar surface area (TPSA) is 92.3 Å². The molecular formula is C21H24N2O4. The number of fused-ring (bicyclic) bond motifs is 1. The van der Waals surface area contributed by atoms with E-state index in [9.17, 15) is 14.7 Å². The van der Waals surface area contributed by atoms with Crippen molar-refractivity contribution in [1.82, 2.24) is 4.57 Å². The van der Waals surface area contributed by atoms with E-state index in [1.807, 2.05) is 19.9 Å². The second-order valence-electron chi connectivity index (χ2n) is 7.50. The van der Waals surface area contributed by atoms with E-state index >= 15 is 0 Å². The van der Waals surface area contributed by atoms with E-state index in [1.54, 1.807) is 20.2 Å². The minimum Gasteiger partial charge on any atom is -0.462 e. The number of allylic oxidation sites excluding steroid dienone is 1. The number of nitriles is 1. The number of pyridine rings is 1. The first-order chi connectivity index (χ1) is 12.6. The summed E-state index contributed by atoms with van der Waals surface area (Å²) in [6.45, 7) is 7.43. The summed E-state index contributed by atoms with van der Waals surface area (Å²) in [6.07, 6.45) is 1.76. The number of aryl methyl sites for hydroxylation is 1. The van der Waals surface area contributed by atoms with Gasteiger partial charge in [0.1, 0.15) is 5.60 Å². The molecule has 1 atom stereocenters. The quantitative estimate of drug-likeness (QED) is 0.648. The molecule has 0 bridgehead atoms. The molecule has 1 heterocycles. The average molecular weight is 368 g/mol. The number of carbonyl (C=O) groups is 1. The van der Waals surface area contributed by atoms with Crippen molar-refractivity contribution in [2.24, 2.45) is 13.0 Å². The van der Waals surface area contributed by atoms with Gasteiger partial charge in [0.05, 0.1) is 24.7 Å². The predicted octanol–water partition coefficient (Wildman–Crippen LogP) is 1.93. The third kappa shape index (κ3) is 4.48. The molecule has 142 valence electrons. The first-order valence-electron chi connectivity index (χ1n) is 8.79. The summed E-state index contributed by atoms with van der Waals surface area (Å²) in [5, 5.41) is 18.9. The Hall–Kier alpha value is -2.83. The molecular weight excluding hydrogens is 344 g/mol. The Bertz CT molecular complexity index is 963. The van der Waals surface area contributed by atoms with E-state index < -0.39 is 11.6 Å². The fraction of sp³-hybridized carbons (Fsp3) is 0.476. The summed E-state index contributed by atoms with van der Waals surface area (Å²) in [5.74, 6) is 5.25. The molecule has 1 unspecified atom stereocenters. The first-order valence-corrected chi connectivity index (χ1v) is 8.79.